The summed E-state index contributed by atoms with van der Waals surface area (Å²) in [5, 5.41) is 4.14. The van der Waals surface area contributed by atoms with Gasteiger partial charge in [-0.15, -0.1) is 0 Å². The van der Waals surface area contributed by atoms with Gasteiger partial charge in [0.25, 0.3) is 0 Å². The molecule has 0 radical (unpaired) electrons. The number of carbonyl (C=O) groups excluding carboxylic acids is 1. The summed E-state index contributed by atoms with van der Waals surface area (Å²) in [6, 6.07) is 26.5. The molecule has 0 atom stereocenters. The second-order valence-electron chi connectivity index (χ2n) is 6.45. The number of para-hydroxylation sites is 1. The number of aromatic nitrogens is 2. The highest BCUT2D eigenvalue weighted by molar-refractivity contribution is 5.87. The molecule has 0 saturated carbocycles. The molecule has 4 heteroatoms. The molecule has 4 nitrogen and oxygen atoms in total. The van der Waals surface area contributed by atoms with Crippen molar-refractivity contribution in [1.82, 2.24) is 14.9 Å². The zero-order valence-electron chi connectivity index (χ0n) is 15.0. The van der Waals surface area contributed by atoms with Gasteiger partial charge in [-0.1, -0.05) is 54.6 Å². The minimum atomic E-state index is 0.0254. The van der Waals surface area contributed by atoms with Gasteiger partial charge in [0.2, 0.25) is 5.91 Å². The van der Waals surface area contributed by atoms with Crippen LogP contribution in [0.2, 0.25) is 0 Å². The molecule has 1 amide bonds. The predicted octanol–water partition coefficient (Wildman–Crippen LogP) is 4.41. The van der Waals surface area contributed by atoms with E-state index >= 15 is 0 Å². The first kappa shape index (κ1) is 17.0. The molecule has 0 spiro atoms. The summed E-state index contributed by atoms with van der Waals surface area (Å²) in [4.78, 5) is 16.6. The number of nitrogens with zero attached hydrogens (tertiary/aromatic N) is 2. The van der Waals surface area contributed by atoms with E-state index in [1.807, 2.05) is 48.5 Å². The number of hydrogen-bond acceptors (Lipinski definition) is 2. The highest BCUT2D eigenvalue weighted by Gasteiger charge is 2.11. The van der Waals surface area contributed by atoms with Gasteiger partial charge in [0, 0.05) is 35.8 Å². The molecule has 0 aliphatic carbocycles. The fraction of sp³-hybridized carbons (Fsp3) is 0.130. The lowest BCUT2D eigenvalue weighted by Gasteiger charge is -2.11. The van der Waals surface area contributed by atoms with Crippen molar-refractivity contribution in [3.8, 4) is 11.3 Å². The molecule has 0 fully saturated rings. The van der Waals surface area contributed by atoms with Crippen LogP contribution in [-0.4, -0.2) is 15.5 Å². The van der Waals surface area contributed by atoms with E-state index < -0.39 is 0 Å². The molecule has 27 heavy (non-hydrogen) atoms. The van der Waals surface area contributed by atoms with Gasteiger partial charge in [0.15, 0.2) is 0 Å². The first-order chi connectivity index (χ1) is 13.3. The van der Waals surface area contributed by atoms with Gasteiger partial charge in [0.1, 0.15) is 0 Å². The molecule has 2 aromatic carbocycles. The van der Waals surface area contributed by atoms with Gasteiger partial charge in [-0.05, 0) is 29.8 Å². The lowest BCUT2D eigenvalue weighted by Crippen LogP contribution is -2.24. The van der Waals surface area contributed by atoms with Gasteiger partial charge >= 0.3 is 0 Å². The summed E-state index contributed by atoms with van der Waals surface area (Å²) in [6.45, 7) is 1.09. The Kier molecular flexibility index (Phi) is 4.97. The largest absolute Gasteiger partial charge is 0.350 e. The molecular formula is C23H21N3O. The molecule has 0 aliphatic heterocycles. The number of fused-ring (bicyclic) bond motifs is 1. The number of pyridine rings is 1. The average Bonchev–Trinajstić information content (AvgIpc) is 3.11. The minimum Gasteiger partial charge on any atom is -0.350 e. The summed E-state index contributed by atoms with van der Waals surface area (Å²) in [5.41, 5.74) is 4.30. The highest BCUT2D eigenvalue weighted by atomic mass is 16.1. The Morgan fingerprint density at radius 1 is 0.926 bits per heavy atom. The van der Waals surface area contributed by atoms with Crippen molar-refractivity contribution in [3.63, 3.8) is 0 Å². The van der Waals surface area contributed by atoms with E-state index in [-0.39, 0.29) is 5.91 Å². The molecule has 2 aromatic heterocycles. The Morgan fingerprint density at radius 2 is 1.70 bits per heavy atom. The number of rotatable bonds is 6. The fourth-order valence-corrected chi connectivity index (χ4v) is 3.29. The van der Waals surface area contributed by atoms with E-state index in [1.54, 1.807) is 6.20 Å². The lowest BCUT2D eigenvalue weighted by molar-refractivity contribution is -0.121. The molecule has 0 unspecified atom stereocenters. The maximum atomic E-state index is 12.3. The average molecular weight is 355 g/mol. The Hall–Kier alpha value is -3.40. The summed E-state index contributed by atoms with van der Waals surface area (Å²) in [6.07, 6.45) is 2.16. The quantitative estimate of drug-likeness (QED) is 0.557. The summed E-state index contributed by atoms with van der Waals surface area (Å²) >= 11 is 0. The van der Waals surface area contributed by atoms with Crippen LogP contribution in [0.3, 0.4) is 0 Å². The van der Waals surface area contributed by atoms with E-state index in [1.165, 1.54) is 5.39 Å². The minimum absolute atomic E-state index is 0.0254. The van der Waals surface area contributed by atoms with Gasteiger partial charge < -0.3 is 9.88 Å². The van der Waals surface area contributed by atoms with Crippen molar-refractivity contribution in [2.45, 2.75) is 19.5 Å². The Labute approximate surface area is 158 Å². The van der Waals surface area contributed by atoms with Crippen LogP contribution < -0.4 is 5.32 Å². The second-order valence-corrected chi connectivity index (χ2v) is 6.45. The van der Waals surface area contributed by atoms with Crippen LogP contribution in [-0.2, 0) is 17.9 Å². The Morgan fingerprint density at radius 3 is 2.52 bits per heavy atom. The van der Waals surface area contributed by atoms with Crippen LogP contribution in [0.5, 0.6) is 0 Å². The zero-order chi connectivity index (χ0) is 18.5. The normalized spacial score (nSPS) is 10.8. The number of amides is 1. The molecule has 0 saturated heterocycles. The third-order valence-electron chi connectivity index (χ3n) is 4.64. The smallest absolute Gasteiger partial charge is 0.222 e. The molecule has 0 aliphatic rings. The number of aryl methyl sites for hydroxylation is 1. The van der Waals surface area contributed by atoms with E-state index in [9.17, 15) is 4.79 Å². The number of hydrogen-bond donors (Lipinski definition) is 1. The summed E-state index contributed by atoms with van der Waals surface area (Å²) < 4.78 is 2.23. The lowest BCUT2D eigenvalue weighted by atomic mass is 10.1. The van der Waals surface area contributed by atoms with Crippen molar-refractivity contribution in [2.75, 3.05) is 0 Å². The third kappa shape index (κ3) is 3.90. The van der Waals surface area contributed by atoms with E-state index in [4.69, 9.17) is 0 Å². The Balaban J connectivity index is 1.52. The SMILES string of the molecule is O=C(CCn1c(-c2ccccc2)cc2ccccc21)NCc1ccccn1. The summed E-state index contributed by atoms with van der Waals surface area (Å²) in [5.74, 6) is 0.0254. The van der Waals surface area contributed by atoms with Crippen LogP contribution in [0.25, 0.3) is 22.2 Å². The molecule has 0 bridgehead atoms. The van der Waals surface area contributed by atoms with Gasteiger partial charge in [-0.3, -0.25) is 9.78 Å². The predicted molar refractivity (Wildman–Crippen MR) is 108 cm³/mol. The van der Waals surface area contributed by atoms with Crippen LogP contribution in [0.1, 0.15) is 12.1 Å². The van der Waals surface area contributed by atoms with Crippen LogP contribution in [0.15, 0.2) is 85.1 Å². The molecule has 134 valence electrons. The number of carbonyl (C=O) groups is 1. The third-order valence-corrected chi connectivity index (χ3v) is 4.64. The molecule has 4 aromatic rings. The van der Waals surface area contributed by atoms with Crippen molar-refractivity contribution < 1.29 is 4.79 Å². The van der Waals surface area contributed by atoms with E-state index in [2.05, 4.69) is 45.2 Å². The second kappa shape index (κ2) is 7.87. The monoisotopic (exact) mass is 355 g/mol. The maximum absolute atomic E-state index is 12.3. The van der Waals surface area contributed by atoms with Crippen molar-refractivity contribution in [2.24, 2.45) is 0 Å². The topological polar surface area (TPSA) is 46.9 Å². The highest BCUT2D eigenvalue weighted by Crippen LogP contribution is 2.28. The zero-order valence-corrected chi connectivity index (χ0v) is 15.0. The number of nitrogens with one attached hydrogen (secondary N) is 1. The van der Waals surface area contributed by atoms with Crippen LogP contribution in [0, 0.1) is 0 Å². The van der Waals surface area contributed by atoms with E-state index in [0.29, 0.717) is 19.5 Å². The van der Waals surface area contributed by atoms with Gasteiger partial charge in [0.05, 0.1) is 12.2 Å². The van der Waals surface area contributed by atoms with Crippen molar-refractivity contribution >= 4 is 16.8 Å². The Bertz CT molecular complexity index is 1040. The van der Waals surface area contributed by atoms with Crippen molar-refractivity contribution in [3.05, 3.63) is 90.8 Å². The van der Waals surface area contributed by atoms with E-state index in [0.717, 1.165) is 22.5 Å². The van der Waals surface area contributed by atoms with Gasteiger partial charge in [-0.25, -0.2) is 0 Å². The molecule has 1 N–H and O–H groups in total. The first-order valence-corrected chi connectivity index (χ1v) is 9.11. The maximum Gasteiger partial charge on any atom is 0.222 e. The first-order valence-electron chi connectivity index (χ1n) is 9.11. The standard InChI is InChI=1S/C23H21N3O/c27-23(25-17-20-11-6-7-14-24-20)13-15-26-21-12-5-4-10-19(21)16-22(26)18-8-2-1-3-9-18/h1-12,14,16H,13,15,17H2,(H,25,27). The fourth-order valence-electron chi connectivity index (χ4n) is 3.29. The number of benzene rings is 2. The molecule has 2 heterocycles. The van der Waals surface area contributed by atoms with Crippen molar-refractivity contribution in [1.29, 1.82) is 0 Å². The summed E-state index contributed by atoms with van der Waals surface area (Å²) in [7, 11) is 0. The molecule has 4 rings (SSSR count). The molecular weight excluding hydrogens is 334 g/mol. The van der Waals surface area contributed by atoms with Gasteiger partial charge in [-0.2, -0.15) is 0 Å². The van der Waals surface area contributed by atoms with Crippen LogP contribution in [0.4, 0.5) is 0 Å². The van der Waals surface area contributed by atoms with Crippen LogP contribution >= 0.6 is 0 Å².